The predicted molar refractivity (Wildman–Crippen MR) is 132 cm³/mol. The van der Waals surface area contributed by atoms with Crippen LogP contribution in [0.15, 0.2) is 48.5 Å². The van der Waals surface area contributed by atoms with Crippen molar-refractivity contribution in [1.82, 2.24) is 4.57 Å². The number of rotatable bonds is 11. The summed E-state index contributed by atoms with van der Waals surface area (Å²) in [5.74, 6) is -2.93. The molecule has 3 aromatic rings. The molecule has 0 unspecified atom stereocenters. The molecule has 194 valence electrons. The van der Waals surface area contributed by atoms with E-state index in [0.717, 1.165) is 0 Å². The Balaban J connectivity index is 0.00000361. The van der Waals surface area contributed by atoms with Crippen LogP contribution in [0.3, 0.4) is 0 Å². The predicted octanol–water partition coefficient (Wildman–Crippen LogP) is 1.42. The van der Waals surface area contributed by atoms with Gasteiger partial charge in [-0.2, -0.15) is 0 Å². The van der Waals surface area contributed by atoms with Crippen LogP contribution in [0.1, 0.15) is 56.5 Å². The van der Waals surface area contributed by atoms with E-state index in [1.54, 1.807) is 12.1 Å². The second-order valence-electron chi connectivity index (χ2n) is 9.10. The van der Waals surface area contributed by atoms with Crippen molar-refractivity contribution in [2.45, 2.75) is 57.8 Å². The van der Waals surface area contributed by atoms with Gasteiger partial charge in [-0.1, -0.05) is 26.0 Å². The first kappa shape index (κ1) is 30.7. The number of hydrogen-bond donors (Lipinski definition) is 4. The van der Waals surface area contributed by atoms with Gasteiger partial charge in [0.1, 0.15) is 11.6 Å². The number of aliphatic hydroxyl groups is 2. The summed E-state index contributed by atoms with van der Waals surface area (Å²) in [6.07, 6.45) is -2.71. The Bertz CT molecular complexity index is 1230. The van der Waals surface area contributed by atoms with Gasteiger partial charge in [0.25, 0.3) is 5.91 Å². The Morgan fingerprint density at radius 3 is 1.92 bits per heavy atom. The Labute approximate surface area is 237 Å². The van der Waals surface area contributed by atoms with E-state index in [1.165, 1.54) is 36.4 Å². The average molecular weight is 525 g/mol. The van der Waals surface area contributed by atoms with E-state index < -0.39 is 42.1 Å². The molecular formula is C27H31F2N2NaO5. The quantitative estimate of drug-likeness (QED) is 0.282. The number of carboxylic acids is 1. The fourth-order valence-corrected chi connectivity index (χ4v) is 4.52. The number of primary amides is 1. The molecule has 5 N–H and O–H groups in total. The summed E-state index contributed by atoms with van der Waals surface area (Å²) in [4.78, 5) is 23.6. The maximum Gasteiger partial charge on any atom is 1.00 e. The zero-order valence-corrected chi connectivity index (χ0v) is 23.1. The largest absolute Gasteiger partial charge is 1.00 e. The number of amides is 1. The van der Waals surface area contributed by atoms with Gasteiger partial charge in [-0.15, -0.1) is 0 Å². The van der Waals surface area contributed by atoms with Crippen LogP contribution in [0.2, 0.25) is 0 Å². The number of nitrogens with zero attached hydrogens (tertiary/aromatic N) is 1. The number of aliphatic carboxylic acids is 1. The van der Waals surface area contributed by atoms with E-state index in [0.29, 0.717) is 28.1 Å². The molecule has 1 amide bonds. The van der Waals surface area contributed by atoms with Crippen LogP contribution in [0, 0.1) is 11.6 Å². The van der Waals surface area contributed by atoms with Crippen LogP contribution < -0.4 is 35.3 Å². The van der Waals surface area contributed by atoms with Crippen LogP contribution in [0.5, 0.6) is 0 Å². The van der Waals surface area contributed by atoms with Crippen LogP contribution in [-0.2, 0) is 11.3 Å². The molecular weight excluding hydrogens is 493 g/mol. The number of hydrogen-bond acceptors (Lipinski definition) is 4. The number of halogens is 2. The van der Waals surface area contributed by atoms with Gasteiger partial charge in [0.05, 0.1) is 29.9 Å². The maximum atomic E-state index is 13.8. The minimum Gasteiger partial charge on any atom is -1.00 e. The standard InChI is InChI=1S/C27H30F2N2O5.Na.H/c1-15(2)25-24(27(30)36)23(16-3-7-18(28)8-4-16)26(17-5-9-19(29)10-6-17)31(25)12-11-20(32)13-21(33)14-22(34)35;;/h3-10,15,20-21,32-33H,11-14H2,1-2H3,(H2,30,36)(H,34,35);;/q;+1;-1/t20-,21-;;/m1../s1. The van der Waals surface area contributed by atoms with Gasteiger partial charge in [-0.3, -0.25) is 9.59 Å². The Kier molecular flexibility index (Phi) is 11.0. The smallest absolute Gasteiger partial charge is 1.00 e. The van der Waals surface area contributed by atoms with Crippen molar-refractivity contribution in [2.24, 2.45) is 5.73 Å². The molecule has 0 saturated heterocycles. The van der Waals surface area contributed by atoms with Crippen molar-refractivity contribution in [3.63, 3.8) is 0 Å². The minimum atomic E-state index is -1.21. The third-order valence-electron chi connectivity index (χ3n) is 5.99. The molecule has 7 nitrogen and oxygen atoms in total. The van der Waals surface area contributed by atoms with Crippen molar-refractivity contribution in [3.05, 3.63) is 71.4 Å². The van der Waals surface area contributed by atoms with Crippen LogP contribution in [0.25, 0.3) is 22.4 Å². The monoisotopic (exact) mass is 524 g/mol. The van der Waals surface area contributed by atoms with Gasteiger partial charge >= 0.3 is 35.5 Å². The summed E-state index contributed by atoms with van der Waals surface area (Å²) >= 11 is 0. The first-order chi connectivity index (χ1) is 17.0. The van der Waals surface area contributed by atoms with Crippen molar-refractivity contribution in [1.29, 1.82) is 0 Å². The SMILES string of the molecule is CC(C)c1c(C(N)=O)c(-c2ccc(F)cc2)c(-c2ccc(F)cc2)n1CC[C@@H](O)C[C@@H](O)CC(=O)O.[H-].[Na+]. The van der Waals surface area contributed by atoms with Crippen LogP contribution in [0.4, 0.5) is 8.78 Å². The molecule has 10 heteroatoms. The van der Waals surface area contributed by atoms with Crippen LogP contribution in [-0.4, -0.2) is 44.0 Å². The Hall–Kier alpha value is -2.56. The molecule has 0 saturated carbocycles. The maximum absolute atomic E-state index is 13.8. The molecule has 0 spiro atoms. The summed E-state index contributed by atoms with van der Waals surface area (Å²) in [7, 11) is 0. The van der Waals surface area contributed by atoms with Gasteiger partial charge in [0, 0.05) is 17.8 Å². The van der Waals surface area contributed by atoms with Crippen LogP contribution >= 0.6 is 0 Å². The van der Waals surface area contributed by atoms with Crippen molar-refractivity contribution in [2.75, 3.05) is 0 Å². The summed E-state index contributed by atoms with van der Waals surface area (Å²) in [5.41, 5.74) is 8.85. The molecule has 0 aliphatic heterocycles. The van der Waals surface area contributed by atoms with E-state index in [2.05, 4.69) is 0 Å². The Morgan fingerprint density at radius 1 is 0.946 bits per heavy atom. The van der Waals surface area contributed by atoms with Gasteiger partial charge in [0.15, 0.2) is 0 Å². The summed E-state index contributed by atoms with van der Waals surface area (Å²) < 4.78 is 29.3. The van der Waals surface area contributed by atoms with Crippen molar-refractivity contribution >= 4 is 11.9 Å². The molecule has 37 heavy (non-hydrogen) atoms. The fraction of sp³-hybridized carbons (Fsp3) is 0.333. The van der Waals surface area contributed by atoms with E-state index in [-0.39, 0.29) is 61.9 Å². The molecule has 2 aromatic carbocycles. The zero-order valence-electron chi connectivity index (χ0n) is 22.1. The number of aromatic nitrogens is 1. The molecule has 1 heterocycles. The topological polar surface area (TPSA) is 126 Å². The minimum absolute atomic E-state index is 0. The molecule has 3 rings (SSSR count). The first-order valence-electron chi connectivity index (χ1n) is 11.7. The van der Waals surface area contributed by atoms with E-state index in [4.69, 9.17) is 10.8 Å². The molecule has 0 radical (unpaired) electrons. The first-order valence-corrected chi connectivity index (χ1v) is 11.7. The summed E-state index contributed by atoms with van der Waals surface area (Å²) in [5, 5.41) is 29.3. The summed E-state index contributed by atoms with van der Waals surface area (Å²) in [6, 6.07) is 11.3. The van der Waals surface area contributed by atoms with Gasteiger partial charge in [0.2, 0.25) is 0 Å². The van der Waals surface area contributed by atoms with Gasteiger partial charge < -0.3 is 27.0 Å². The fourth-order valence-electron chi connectivity index (χ4n) is 4.52. The molecule has 0 bridgehead atoms. The number of carbonyl (C=O) groups excluding carboxylic acids is 1. The number of nitrogens with two attached hydrogens (primary N) is 1. The molecule has 0 aliphatic rings. The average Bonchev–Trinajstić information content (AvgIpc) is 3.14. The zero-order chi connectivity index (χ0) is 26.6. The normalized spacial score (nSPS) is 12.7. The third-order valence-corrected chi connectivity index (χ3v) is 5.99. The molecule has 2 atom stereocenters. The second-order valence-corrected chi connectivity index (χ2v) is 9.10. The number of benzene rings is 2. The number of aliphatic hydroxyl groups excluding tert-OH is 2. The molecule has 0 aliphatic carbocycles. The van der Waals surface area contributed by atoms with Gasteiger partial charge in [-0.05, 0) is 66.3 Å². The number of carbonyl (C=O) groups is 2. The molecule has 1 aromatic heterocycles. The third kappa shape index (κ3) is 7.49. The van der Waals surface area contributed by atoms with Crippen molar-refractivity contribution in [3.8, 4) is 22.4 Å². The second kappa shape index (κ2) is 13.3. The van der Waals surface area contributed by atoms with E-state index in [1.807, 2.05) is 18.4 Å². The summed E-state index contributed by atoms with van der Waals surface area (Å²) in [6.45, 7) is 3.96. The number of carboxylic acid groups (broad SMARTS) is 1. The van der Waals surface area contributed by atoms with Gasteiger partial charge in [-0.25, -0.2) is 8.78 Å². The van der Waals surface area contributed by atoms with E-state index in [9.17, 15) is 28.6 Å². The van der Waals surface area contributed by atoms with Crippen molar-refractivity contribution < 1.29 is 64.7 Å². The Morgan fingerprint density at radius 2 is 1.46 bits per heavy atom. The molecule has 0 fully saturated rings. The van der Waals surface area contributed by atoms with E-state index >= 15 is 0 Å².